The number of rotatable bonds is 6. The maximum absolute atomic E-state index is 12.1. The highest BCUT2D eigenvalue weighted by Crippen LogP contribution is 2.26. The minimum absolute atomic E-state index is 0.0231. The molecule has 0 bridgehead atoms. The Morgan fingerprint density at radius 1 is 1.17 bits per heavy atom. The van der Waals surface area contributed by atoms with Gasteiger partial charge in [-0.1, -0.05) is 18.2 Å². The van der Waals surface area contributed by atoms with Gasteiger partial charge in [-0.2, -0.15) is 0 Å². The molecule has 5 nitrogen and oxygen atoms in total. The normalized spacial score (nSPS) is 16.0. The van der Waals surface area contributed by atoms with Gasteiger partial charge in [-0.05, 0) is 42.3 Å². The maximum Gasteiger partial charge on any atom is 0.224 e. The van der Waals surface area contributed by atoms with Gasteiger partial charge < -0.3 is 15.2 Å². The van der Waals surface area contributed by atoms with E-state index >= 15 is 0 Å². The molecule has 1 aliphatic rings. The van der Waals surface area contributed by atoms with Crippen molar-refractivity contribution in [2.24, 2.45) is 0 Å². The molecule has 3 rings (SSSR count). The average molecular weight is 345 g/mol. The fourth-order valence-electron chi connectivity index (χ4n) is 2.53. The first kappa shape index (κ1) is 16.7. The molecule has 2 N–H and O–H groups in total. The van der Waals surface area contributed by atoms with Gasteiger partial charge in [-0.25, -0.2) is 0 Å². The minimum Gasteiger partial charge on any atom is -0.491 e. The van der Waals surface area contributed by atoms with E-state index < -0.39 is 16.9 Å². The first-order valence-corrected chi connectivity index (χ1v) is 9.11. The zero-order chi connectivity index (χ0) is 16.9. The van der Waals surface area contributed by atoms with Gasteiger partial charge in [0.1, 0.15) is 12.4 Å². The molecular formula is C18H19NO4S. The molecule has 6 heteroatoms. The van der Waals surface area contributed by atoms with Gasteiger partial charge in [0.05, 0.1) is 22.7 Å². The van der Waals surface area contributed by atoms with Crippen LogP contribution in [0.25, 0.3) is 0 Å². The second-order valence-corrected chi connectivity index (χ2v) is 7.15. The number of amides is 1. The smallest absolute Gasteiger partial charge is 0.224 e. The average Bonchev–Trinajstić information content (AvgIpc) is 2.60. The molecule has 0 radical (unpaired) electrons. The Labute approximate surface area is 143 Å². The van der Waals surface area contributed by atoms with Crippen LogP contribution in [0.1, 0.15) is 12.0 Å². The number of fused-ring (bicyclic) bond motifs is 1. The molecule has 2 atom stereocenters. The van der Waals surface area contributed by atoms with Crippen LogP contribution in [0, 0.1) is 0 Å². The number of aliphatic hydroxyl groups is 1. The molecule has 0 spiro atoms. The predicted octanol–water partition coefficient (Wildman–Crippen LogP) is 2.12. The fraction of sp³-hybridized carbons (Fsp3) is 0.278. The Balaban J connectivity index is 1.54. The summed E-state index contributed by atoms with van der Waals surface area (Å²) >= 11 is 0. The molecule has 0 saturated carbocycles. The van der Waals surface area contributed by atoms with E-state index in [1.807, 2.05) is 24.3 Å². The van der Waals surface area contributed by atoms with Crippen LogP contribution >= 0.6 is 0 Å². The largest absolute Gasteiger partial charge is 0.491 e. The SMILES string of the molecule is O=C1CCc2cc(OCC(O)CS(=O)c3ccccc3)ccc2N1. The maximum atomic E-state index is 12.1. The van der Waals surface area contributed by atoms with E-state index in [9.17, 15) is 14.1 Å². The monoisotopic (exact) mass is 345 g/mol. The molecule has 0 fully saturated rings. The van der Waals surface area contributed by atoms with E-state index in [2.05, 4.69) is 5.32 Å². The Bertz CT molecular complexity index is 748. The molecule has 1 amide bonds. The summed E-state index contributed by atoms with van der Waals surface area (Å²) < 4.78 is 17.7. The number of anilines is 1. The van der Waals surface area contributed by atoms with Crippen molar-refractivity contribution in [1.29, 1.82) is 0 Å². The lowest BCUT2D eigenvalue weighted by molar-refractivity contribution is -0.116. The molecule has 1 aliphatic heterocycles. The van der Waals surface area contributed by atoms with Crippen molar-refractivity contribution in [3.05, 3.63) is 54.1 Å². The quantitative estimate of drug-likeness (QED) is 0.841. The van der Waals surface area contributed by atoms with Crippen molar-refractivity contribution in [2.75, 3.05) is 17.7 Å². The Morgan fingerprint density at radius 3 is 2.75 bits per heavy atom. The standard InChI is InChI=1S/C18H19NO4S/c20-14(12-24(22)16-4-2-1-3-5-16)11-23-15-7-8-17-13(10-15)6-9-18(21)19-17/h1-5,7-8,10,14,20H,6,9,11-12H2,(H,19,21). The highest BCUT2D eigenvalue weighted by atomic mass is 32.2. The summed E-state index contributed by atoms with van der Waals surface area (Å²) in [5.41, 5.74) is 1.83. The Kier molecular flexibility index (Phi) is 5.27. The summed E-state index contributed by atoms with van der Waals surface area (Å²) in [4.78, 5) is 12.0. The summed E-state index contributed by atoms with van der Waals surface area (Å²) in [6.45, 7) is 0.0731. The molecule has 2 aromatic carbocycles. The van der Waals surface area contributed by atoms with Crippen LogP contribution in [0.5, 0.6) is 5.75 Å². The lowest BCUT2D eigenvalue weighted by Crippen LogP contribution is -2.24. The minimum atomic E-state index is -1.25. The lowest BCUT2D eigenvalue weighted by Gasteiger charge is -2.18. The molecular weight excluding hydrogens is 326 g/mol. The van der Waals surface area contributed by atoms with Crippen LogP contribution in [0.4, 0.5) is 5.69 Å². The molecule has 1 heterocycles. The summed E-state index contributed by atoms with van der Waals surface area (Å²) in [6, 6.07) is 14.5. The van der Waals surface area contributed by atoms with E-state index in [4.69, 9.17) is 4.74 Å². The van der Waals surface area contributed by atoms with Crippen molar-refractivity contribution in [1.82, 2.24) is 0 Å². The summed E-state index contributed by atoms with van der Waals surface area (Å²) in [5, 5.41) is 12.9. The van der Waals surface area contributed by atoms with E-state index in [-0.39, 0.29) is 18.3 Å². The van der Waals surface area contributed by atoms with Crippen molar-refractivity contribution in [3.63, 3.8) is 0 Å². The zero-order valence-electron chi connectivity index (χ0n) is 13.1. The second-order valence-electron chi connectivity index (χ2n) is 5.66. The summed E-state index contributed by atoms with van der Waals surface area (Å²) in [7, 11) is -1.25. The first-order chi connectivity index (χ1) is 11.6. The van der Waals surface area contributed by atoms with E-state index in [1.54, 1.807) is 24.3 Å². The molecule has 0 aromatic heterocycles. The number of carbonyl (C=O) groups is 1. The fourth-order valence-corrected chi connectivity index (χ4v) is 3.63. The van der Waals surface area contributed by atoms with E-state index in [1.165, 1.54) is 0 Å². The van der Waals surface area contributed by atoms with Crippen LogP contribution in [0.15, 0.2) is 53.4 Å². The van der Waals surface area contributed by atoms with Gasteiger partial charge in [0.2, 0.25) is 5.91 Å². The summed E-state index contributed by atoms with van der Waals surface area (Å²) in [6.07, 6.45) is 0.329. The number of ether oxygens (including phenoxy) is 1. The number of carbonyl (C=O) groups excluding carboxylic acids is 1. The van der Waals surface area contributed by atoms with E-state index in [0.717, 1.165) is 11.3 Å². The molecule has 0 aliphatic carbocycles. The van der Waals surface area contributed by atoms with E-state index in [0.29, 0.717) is 23.5 Å². The van der Waals surface area contributed by atoms with Gasteiger partial charge in [0, 0.05) is 17.0 Å². The summed E-state index contributed by atoms with van der Waals surface area (Å²) in [5.74, 6) is 0.787. The number of benzene rings is 2. The third kappa shape index (κ3) is 4.21. The number of hydrogen-bond donors (Lipinski definition) is 2. The van der Waals surface area contributed by atoms with Crippen molar-refractivity contribution in [2.45, 2.75) is 23.8 Å². The number of aryl methyl sites for hydroxylation is 1. The van der Waals surface area contributed by atoms with Crippen molar-refractivity contribution < 1.29 is 18.8 Å². The van der Waals surface area contributed by atoms with Gasteiger partial charge in [0.15, 0.2) is 0 Å². The van der Waals surface area contributed by atoms with Crippen molar-refractivity contribution >= 4 is 22.4 Å². The highest BCUT2D eigenvalue weighted by Gasteiger charge is 2.16. The van der Waals surface area contributed by atoms with Crippen molar-refractivity contribution in [3.8, 4) is 5.75 Å². The Hall–Kier alpha value is -2.18. The van der Waals surface area contributed by atoms with Gasteiger partial charge in [0.25, 0.3) is 0 Å². The van der Waals surface area contributed by atoms with Gasteiger partial charge in [-0.15, -0.1) is 0 Å². The number of nitrogens with one attached hydrogen (secondary N) is 1. The van der Waals surface area contributed by atoms with Crippen LogP contribution in [0.3, 0.4) is 0 Å². The first-order valence-electron chi connectivity index (χ1n) is 7.79. The Morgan fingerprint density at radius 2 is 1.96 bits per heavy atom. The molecule has 24 heavy (non-hydrogen) atoms. The van der Waals surface area contributed by atoms with Gasteiger partial charge >= 0.3 is 0 Å². The lowest BCUT2D eigenvalue weighted by atomic mass is 10.0. The third-order valence-corrected chi connectivity index (χ3v) is 5.25. The third-order valence-electron chi connectivity index (χ3n) is 3.76. The van der Waals surface area contributed by atoms with Gasteiger partial charge in [-0.3, -0.25) is 9.00 Å². The predicted molar refractivity (Wildman–Crippen MR) is 92.6 cm³/mol. The molecule has 126 valence electrons. The number of hydrogen-bond acceptors (Lipinski definition) is 4. The van der Waals surface area contributed by atoms with Crippen LogP contribution in [0.2, 0.25) is 0 Å². The molecule has 2 unspecified atom stereocenters. The molecule has 0 saturated heterocycles. The van der Waals surface area contributed by atoms with Crippen LogP contribution in [-0.4, -0.2) is 33.7 Å². The van der Waals surface area contributed by atoms with Crippen LogP contribution in [-0.2, 0) is 22.0 Å². The van der Waals surface area contributed by atoms with Crippen LogP contribution < -0.4 is 10.1 Å². The second kappa shape index (κ2) is 7.59. The topological polar surface area (TPSA) is 75.6 Å². The molecule has 2 aromatic rings. The zero-order valence-corrected chi connectivity index (χ0v) is 13.9. The number of aliphatic hydroxyl groups excluding tert-OH is 1. The highest BCUT2D eigenvalue weighted by molar-refractivity contribution is 7.85.